The number of hydrogen-bond donors (Lipinski definition) is 1. The van der Waals surface area contributed by atoms with Crippen LogP contribution in [0, 0.1) is 13.8 Å². The zero-order valence-corrected chi connectivity index (χ0v) is 13.8. The van der Waals surface area contributed by atoms with Gasteiger partial charge in [0.1, 0.15) is 0 Å². The van der Waals surface area contributed by atoms with E-state index in [1.807, 2.05) is 32.0 Å². The van der Waals surface area contributed by atoms with E-state index in [1.165, 1.54) is 6.26 Å². The van der Waals surface area contributed by atoms with Gasteiger partial charge in [-0.15, -0.1) is 0 Å². The van der Waals surface area contributed by atoms with Crippen molar-refractivity contribution >= 4 is 21.4 Å². The third-order valence-corrected chi connectivity index (χ3v) is 5.05. The molecule has 0 amide bonds. The van der Waals surface area contributed by atoms with E-state index in [1.54, 1.807) is 18.2 Å². The summed E-state index contributed by atoms with van der Waals surface area (Å²) in [6.07, 6.45) is 1.19. The molecule has 21 heavy (non-hydrogen) atoms. The van der Waals surface area contributed by atoms with Gasteiger partial charge in [-0.2, -0.15) is 0 Å². The van der Waals surface area contributed by atoms with Gasteiger partial charge >= 0.3 is 0 Å². The smallest absolute Gasteiger partial charge is 0.175 e. The van der Waals surface area contributed by atoms with Crippen LogP contribution in [0.1, 0.15) is 28.3 Å². The number of rotatable bonds is 3. The molecule has 2 aromatic carbocycles. The number of sulfone groups is 1. The maximum atomic E-state index is 11.7. The van der Waals surface area contributed by atoms with Crippen LogP contribution in [-0.4, -0.2) is 14.7 Å². The first-order valence-electron chi connectivity index (χ1n) is 6.52. The van der Waals surface area contributed by atoms with Gasteiger partial charge in [-0.25, -0.2) is 8.42 Å². The van der Waals surface area contributed by atoms with Crippen molar-refractivity contribution in [2.75, 3.05) is 6.26 Å². The molecule has 0 bridgehead atoms. The zero-order valence-electron chi connectivity index (χ0n) is 12.2. The summed E-state index contributed by atoms with van der Waals surface area (Å²) in [5.74, 6) is 0. The molecule has 0 fully saturated rings. The highest BCUT2D eigenvalue weighted by atomic mass is 35.5. The van der Waals surface area contributed by atoms with Gasteiger partial charge in [0.05, 0.1) is 10.9 Å². The molecule has 0 spiro atoms. The molecule has 0 aliphatic carbocycles. The van der Waals surface area contributed by atoms with Gasteiger partial charge in [0.25, 0.3) is 0 Å². The highest BCUT2D eigenvalue weighted by Crippen LogP contribution is 2.28. The molecule has 1 atom stereocenters. The predicted octanol–water partition coefficient (Wildman–Crippen LogP) is 3.41. The molecule has 0 saturated carbocycles. The fourth-order valence-corrected chi connectivity index (χ4v) is 3.15. The topological polar surface area (TPSA) is 60.2 Å². The van der Waals surface area contributed by atoms with Crippen molar-refractivity contribution in [3.8, 4) is 0 Å². The van der Waals surface area contributed by atoms with E-state index in [4.69, 9.17) is 17.3 Å². The summed E-state index contributed by atoms with van der Waals surface area (Å²) in [5.41, 5.74) is 9.96. The lowest BCUT2D eigenvalue weighted by atomic mass is 9.94. The Bertz CT molecular complexity index is 785. The number of benzene rings is 2. The molecule has 0 aliphatic heterocycles. The van der Waals surface area contributed by atoms with Gasteiger partial charge in [-0.1, -0.05) is 29.8 Å². The van der Waals surface area contributed by atoms with Gasteiger partial charge < -0.3 is 5.73 Å². The van der Waals surface area contributed by atoms with Crippen LogP contribution in [0.5, 0.6) is 0 Å². The molecular formula is C16H18ClNO2S. The maximum Gasteiger partial charge on any atom is 0.175 e. The molecule has 0 heterocycles. The van der Waals surface area contributed by atoms with Crippen molar-refractivity contribution in [2.45, 2.75) is 24.8 Å². The van der Waals surface area contributed by atoms with Gasteiger partial charge in [-0.3, -0.25) is 0 Å². The second-order valence-corrected chi connectivity index (χ2v) is 7.70. The van der Waals surface area contributed by atoms with Crippen LogP contribution in [0.4, 0.5) is 0 Å². The number of hydrogen-bond acceptors (Lipinski definition) is 3. The molecule has 0 radical (unpaired) electrons. The van der Waals surface area contributed by atoms with Crippen LogP contribution in [0.2, 0.25) is 5.02 Å². The largest absolute Gasteiger partial charge is 0.320 e. The van der Waals surface area contributed by atoms with Crippen LogP contribution >= 0.6 is 11.6 Å². The number of aryl methyl sites for hydroxylation is 2. The van der Waals surface area contributed by atoms with Crippen molar-refractivity contribution in [2.24, 2.45) is 5.73 Å². The standard InChI is InChI=1S/C16H18ClNO2S/c1-10-8-15(17)11(2)7-14(10)16(18)12-5-4-6-13(9-12)21(3,19)20/h4-9,16H,18H2,1-3H3. The van der Waals surface area contributed by atoms with Crippen LogP contribution in [0.3, 0.4) is 0 Å². The monoisotopic (exact) mass is 323 g/mol. The second-order valence-electron chi connectivity index (χ2n) is 5.28. The van der Waals surface area contributed by atoms with E-state index >= 15 is 0 Å². The first-order valence-corrected chi connectivity index (χ1v) is 8.79. The van der Waals surface area contributed by atoms with Gasteiger partial charge in [0, 0.05) is 11.3 Å². The van der Waals surface area contributed by atoms with Crippen molar-refractivity contribution in [3.05, 3.63) is 63.7 Å². The minimum absolute atomic E-state index is 0.277. The average molecular weight is 324 g/mol. The van der Waals surface area contributed by atoms with E-state index in [9.17, 15) is 8.42 Å². The normalized spacial score (nSPS) is 13.2. The van der Waals surface area contributed by atoms with Crippen LogP contribution in [-0.2, 0) is 9.84 Å². The van der Waals surface area contributed by atoms with E-state index in [2.05, 4.69) is 0 Å². The summed E-state index contributed by atoms with van der Waals surface area (Å²) in [5, 5.41) is 0.702. The highest BCUT2D eigenvalue weighted by molar-refractivity contribution is 7.90. The Labute approximate surface area is 130 Å². The van der Waals surface area contributed by atoms with Gasteiger partial charge in [-0.05, 0) is 54.3 Å². The van der Waals surface area contributed by atoms with Crippen molar-refractivity contribution in [3.63, 3.8) is 0 Å². The highest BCUT2D eigenvalue weighted by Gasteiger charge is 2.15. The Morgan fingerprint density at radius 1 is 1.10 bits per heavy atom. The Balaban J connectivity index is 2.50. The Hall–Kier alpha value is -1.36. The van der Waals surface area contributed by atoms with E-state index < -0.39 is 9.84 Å². The second kappa shape index (κ2) is 5.79. The summed E-state index contributed by atoms with van der Waals surface area (Å²) < 4.78 is 23.3. The lowest BCUT2D eigenvalue weighted by Crippen LogP contribution is -2.14. The minimum Gasteiger partial charge on any atom is -0.320 e. The zero-order chi connectivity index (χ0) is 15.8. The molecule has 112 valence electrons. The molecule has 2 rings (SSSR count). The Kier molecular flexibility index (Phi) is 4.42. The molecule has 2 N–H and O–H groups in total. The molecule has 1 unspecified atom stereocenters. The summed E-state index contributed by atoms with van der Waals surface area (Å²) in [7, 11) is -3.24. The fraction of sp³-hybridized carbons (Fsp3) is 0.250. The Morgan fingerprint density at radius 2 is 1.76 bits per heavy atom. The summed E-state index contributed by atoms with van der Waals surface area (Å²) >= 11 is 6.10. The summed E-state index contributed by atoms with van der Waals surface area (Å²) in [6, 6.07) is 10.2. The fourth-order valence-electron chi connectivity index (χ4n) is 2.26. The van der Waals surface area contributed by atoms with E-state index in [-0.39, 0.29) is 10.9 Å². The SMILES string of the molecule is Cc1cc(C(N)c2cccc(S(C)(=O)=O)c2)c(C)cc1Cl. The lowest BCUT2D eigenvalue weighted by molar-refractivity contribution is 0.601. The minimum atomic E-state index is -3.24. The molecule has 0 saturated heterocycles. The molecule has 2 aromatic rings. The molecule has 0 aliphatic rings. The average Bonchev–Trinajstić information content (AvgIpc) is 2.41. The lowest BCUT2D eigenvalue weighted by Gasteiger charge is -2.17. The quantitative estimate of drug-likeness (QED) is 0.941. The van der Waals surface area contributed by atoms with Crippen LogP contribution < -0.4 is 5.73 Å². The molecule has 0 aromatic heterocycles. The molecular weight excluding hydrogens is 306 g/mol. The van der Waals surface area contributed by atoms with Gasteiger partial charge in [0.15, 0.2) is 9.84 Å². The van der Waals surface area contributed by atoms with Crippen LogP contribution in [0.25, 0.3) is 0 Å². The third kappa shape index (κ3) is 3.46. The van der Waals surface area contributed by atoms with E-state index in [0.29, 0.717) is 5.02 Å². The predicted molar refractivity (Wildman–Crippen MR) is 86.5 cm³/mol. The van der Waals surface area contributed by atoms with Crippen molar-refractivity contribution < 1.29 is 8.42 Å². The summed E-state index contributed by atoms with van der Waals surface area (Å²) in [4.78, 5) is 0.277. The van der Waals surface area contributed by atoms with E-state index in [0.717, 1.165) is 22.3 Å². The Morgan fingerprint density at radius 3 is 2.38 bits per heavy atom. The third-order valence-electron chi connectivity index (χ3n) is 3.53. The number of nitrogens with two attached hydrogens (primary N) is 1. The van der Waals surface area contributed by atoms with Crippen molar-refractivity contribution in [1.29, 1.82) is 0 Å². The summed E-state index contributed by atoms with van der Waals surface area (Å²) in [6.45, 7) is 3.87. The molecule has 3 nitrogen and oxygen atoms in total. The first kappa shape index (κ1) is 16.0. The maximum absolute atomic E-state index is 11.7. The number of halogens is 1. The first-order chi connectivity index (χ1) is 9.70. The molecule has 5 heteroatoms. The van der Waals surface area contributed by atoms with Gasteiger partial charge in [0.2, 0.25) is 0 Å². The van der Waals surface area contributed by atoms with Crippen LogP contribution in [0.15, 0.2) is 41.3 Å². The van der Waals surface area contributed by atoms with Crippen molar-refractivity contribution in [1.82, 2.24) is 0 Å².